The van der Waals surface area contributed by atoms with E-state index in [2.05, 4.69) is 0 Å². The van der Waals surface area contributed by atoms with Crippen molar-refractivity contribution >= 4 is 22.5 Å². The Hall–Kier alpha value is -3.11. The summed E-state index contributed by atoms with van der Waals surface area (Å²) >= 11 is 6.21. The van der Waals surface area contributed by atoms with Crippen LogP contribution in [0.25, 0.3) is 27.7 Å². The molecular formula is C21H13ClFNO2. The number of pyridine rings is 1. The third-order valence-electron chi connectivity index (χ3n) is 4.23. The molecule has 26 heavy (non-hydrogen) atoms. The summed E-state index contributed by atoms with van der Waals surface area (Å²) in [5.41, 5.74) is 2.20. The summed E-state index contributed by atoms with van der Waals surface area (Å²) in [6.45, 7) is 0. The third kappa shape index (κ3) is 2.74. The summed E-state index contributed by atoms with van der Waals surface area (Å²) < 4.78 is 14.9. The molecule has 0 saturated heterocycles. The quantitative estimate of drug-likeness (QED) is 0.533. The van der Waals surface area contributed by atoms with Gasteiger partial charge in [-0.25, -0.2) is 4.39 Å². The highest BCUT2D eigenvalue weighted by molar-refractivity contribution is 6.33. The Kier molecular flexibility index (Phi) is 3.98. The molecule has 0 unspecified atom stereocenters. The van der Waals surface area contributed by atoms with Crippen LogP contribution in [0.1, 0.15) is 0 Å². The molecule has 0 saturated carbocycles. The molecule has 0 fully saturated rings. The van der Waals surface area contributed by atoms with Gasteiger partial charge in [0.15, 0.2) is 0 Å². The molecule has 5 heteroatoms. The molecule has 1 aromatic heterocycles. The normalized spacial score (nSPS) is 11.0. The van der Waals surface area contributed by atoms with Gasteiger partial charge < -0.3 is 5.11 Å². The molecule has 4 rings (SSSR count). The van der Waals surface area contributed by atoms with E-state index in [0.717, 1.165) is 5.39 Å². The Morgan fingerprint density at radius 2 is 1.65 bits per heavy atom. The van der Waals surface area contributed by atoms with E-state index >= 15 is 0 Å². The number of hydrogen-bond donors (Lipinski definition) is 1. The topological polar surface area (TPSA) is 42.2 Å². The van der Waals surface area contributed by atoms with Crippen molar-refractivity contribution in [3.63, 3.8) is 0 Å². The molecule has 0 aliphatic rings. The standard InChI is InChI=1S/C21H13ClFNO2/c22-19-10-13(23)6-7-16(19)18-11-15(25)12-20-17(18)8-9-21(26)24(20)14-4-2-1-3-5-14/h1-12,25H. The first kappa shape index (κ1) is 16.4. The largest absolute Gasteiger partial charge is 0.508 e. The van der Waals surface area contributed by atoms with E-state index in [1.807, 2.05) is 30.3 Å². The fraction of sp³-hybridized carbons (Fsp3) is 0. The summed E-state index contributed by atoms with van der Waals surface area (Å²) in [6, 6.07) is 19.5. The minimum atomic E-state index is -0.440. The average molecular weight is 366 g/mol. The molecule has 3 nitrogen and oxygen atoms in total. The first-order valence-electron chi connectivity index (χ1n) is 7.94. The average Bonchev–Trinajstić information content (AvgIpc) is 2.61. The van der Waals surface area contributed by atoms with Crippen molar-refractivity contribution in [1.29, 1.82) is 0 Å². The van der Waals surface area contributed by atoms with Crippen molar-refractivity contribution in [2.24, 2.45) is 0 Å². The summed E-state index contributed by atoms with van der Waals surface area (Å²) in [7, 11) is 0. The number of rotatable bonds is 2. The summed E-state index contributed by atoms with van der Waals surface area (Å²) in [5.74, 6) is -0.451. The molecule has 0 aliphatic carbocycles. The van der Waals surface area contributed by atoms with Crippen molar-refractivity contribution in [2.75, 3.05) is 0 Å². The van der Waals surface area contributed by atoms with Crippen molar-refractivity contribution in [3.05, 3.63) is 94.0 Å². The molecule has 1 N–H and O–H groups in total. The number of nitrogens with zero attached hydrogens (tertiary/aromatic N) is 1. The van der Waals surface area contributed by atoms with Crippen molar-refractivity contribution in [2.45, 2.75) is 0 Å². The second kappa shape index (κ2) is 6.32. The van der Waals surface area contributed by atoms with Crippen LogP contribution < -0.4 is 5.56 Å². The van der Waals surface area contributed by atoms with Crippen LogP contribution in [-0.2, 0) is 0 Å². The third-order valence-corrected chi connectivity index (χ3v) is 4.55. The number of phenols is 1. The van der Waals surface area contributed by atoms with Crippen molar-refractivity contribution in [1.82, 2.24) is 4.57 Å². The van der Waals surface area contributed by atoms with Crippen LogP contribution >= 0.6 is 11.6 Å². The van der Waals surface area contributed by atoms with E-state index in [1.165, 1.54) is 28.8 Å². The first-order valence-corrected chi connectivity index (χ1v) is 8.32. The molecule has 4 aromatic rings. The van der Waals surface area contributed by atoms with Crippen molar-refractivity contribution in [3.8, 4) is 22.6 Å². The molecule has 0 radical (unpaired) electrons. The molecule has 0 bridgehead atoms. The predicted octanol–water partition coefficient (Wildman–Crippen LogP) is 5.16. The Labute approximate surface area is 153 Å². The molecule has 1 heterocycles. The molecule has 0 aliphatic heterocycles. The lowest BCUT2D eigenvalue weighted by Gasteiger charge is -2.14. The highest BCUT2D eigenvalue weighted by Gasteiger charge is 2.14. The Bertz CT molecular complexity index is 1190. The summed E-state index contributed by atoms with van der Waals surface area (Å²) in [6.07, 6.45) is 0. The van der Waals surface area contributed by atoms with Crippen LogP contribution in [0.5, 0.6) is 5.75 Å². The van der Waals surface area contributed by atoms with Gasteiger partial charge in [-0.3, -0.25) is 9.36 Å². The van der Waals surface area contributed by atoms with Crippen LogP contribution in [0.3, 0.4) is 0 Å². The van der Waals surface area contributed by atoms with Gasteiger partial charge in [-0.2, -0.15) is 0 Å². The van der Waals surface area contributed by atoms with Gasteiger partial charge in [0.2, 0.25) is 0 Å². The highest BCUT2D eigenvalue weighted by Crippen LogP contribution is 2.36. The molecule has 3 aromatic carbocycles. The Morgan fingerprint density at radius 1 is 0.885 bits per heavy atom. The molecule has 0 amide bonds. The summed E-state index contributed by atoms with van der Waals surface area (Å²) in [4.78, 5) is 12.5. The SMILES string of the molecule is O=c1ccc2c(-c3ccc(F)cc3Cl)cc(O)cc2n1-c1ccccc1. The number of fused-ring (bicyclic) bond motifs is 1. The number of halogens is 2. The number of hydrogen-bond acceptors (Lipinski definition) is 2. The van der Waals surface area contributed by atoms with Crippen LogP contribution in [0.15, 0.2) is 77.6 Å². The lowest BCUT2D eigenvalue weighted by atomic mass is 9.99. The molecule has 0 spiro atoms. The zero-order chi connectivity index (χ0) is 18.3. The lowest BCUT2D eigenvalue weighted by molar-refractivity contribution is 0.476. The van der Waals surface area contributed by atoms with E-state index < -0.39 is 5.82 Å². The van der Waals surface area contributed by atoms with Gasteiger partial charge in [-0.15, -0.1) is 0 Å². The lowest BCUT2D eigenvalue weighted by Crippen LogP contribution is -2.17. The van der Waals surface area contributed by atoms with Gasteiger partial charge in [0.1, 0.15) is 11.6 Å². The number of para-hydroxylation sites is 1. The monoisotopic (exact) mass is 365 g/mol. The Balaban J connectivity index is 2.10. The minimum absolute atomic E-state index is 0.0110. The predicted molar refractivity (Wildman–Crippen MR) is 102 cm³/mol. The van der Waals surface area contributed by atoms with Gasteiger partial charge in [0.25, 0.3) is 5.56 Å². The minimum Gasteiger partial charge on any atom is -0.508 e. The van der Waals surface area contributed by atoms with E-state index in [4.69, 9.17) is 11.6 Å². The van der Waals surface area contributed by atoms with Crippen LogP contribution in [0, 0.1) is 5.82 Å². The van der Waals surface area contributed by atoms with E-state index in [-0.39, 0.29) is 16.3 Å². The second-order valence-corrected chi connectivity index (χ2v) is 6.30. The van der Waals surface area contributed by atoms with Crippen LogP contribution in [0.4, 0.5) is 4.39 Å². The molecule has 0 atom stereocenters. The van der Waals surface area contributed by atoms with Crippen LogP contribution in [0.2, 0.25) is 5.02 Å². The van der Waals surface area contributed by atoms with Gasteiger partial charge in [0, 0.05) is 28.8 Å². The van der Waals surface area contributed by atoms with Gasteiger partial charge >= 0.3 is 0 Å². The first-order chi connectivity index (χ1) is 12.5. The Morgan fingerprint density at radius 3 is 2.38 bits per heavy atom. The fourth-order valence-electron chi connectivity index (χ4n) is 3.11. The van der Waals surface area contributed by atoms with Gasteiger partial charge in [-0.05, 0) is 48.0 Å². The number of benzene rings is 3. The maximum atomic E-state index is 13.4. The van der Waals surface area contributed by atoms with Crippen molar-refractivity contribution < 1.29 is 9.50 Å². The number of aromatic hydroxyl groups is 1. The van der Waals surface area contributed by atoms with E-state index in [0.29, 0.717) is 22.3 Å². The molecule has 128 valence electrons. The van der Waals surface area contributed by atoms with E-state index in [9.17, 15) is 14.3 Å². The number of aromatic nitrogens is 1. The second-order valence-electron chi connectivity index (χ2n) is 5.89. The smallest absolute Gasteiger partial charge is 0.255 e. The van der Waals surface area contributed by atoms with E-state index in [1.54, 1.807) is 18.2 Å². The fourth-order valence-corrected chi connectivity index (χ4v) is 3.37. The summed E-state index contributed by atoms with van der Waals surface area (Å²) in [5, 5.41) is 11.2. The highest BCUT2D eigenvalue weighted by atomic mass is 35.5. The maximum Gasteiger partial charge on any atom is 0.255 e. The van der Waals surface area contributed by atoms with Crippen LogP contribution in [-0.4, -0.2) is 9.67 Å². The zero-order valence-corrected chi connectivity index (χ0v) is 14.2. The number of phenolic OH excluding ortho intramolecular Hbond substituents is 1. The zero-order valence-electron chi connectivity index (χ0n) is 13.5. The molecular weight excluding hydrogens is 353 g/mol. The van der Waals surface area contributed by atoms with Gasteiger partial charge in [-0.1, -0.05) is 29.8 Å². The van der Waals surface area contributed by atoms with Gasteiger partial charge in [0.05, 0.1) is 10.5 Å². The maximum absolute atomic E-state index is 13.4.